The third-order valence-electron chi connectivity index (χ3n) is 1.75. The summed E-state index contributed by atoms with van der Waals surface area (Å²) in [6.45, 7) is 0. The number of ether oxygens (including phenoxy) is 2. The zero-order valence-corrected chi connectivity index (χ0v) is 9.22. The van der Waals surface area contributed by atoms with E-state index in [0.717, 1.165) is 19.2 Å². The molecule has 94 valence electrons. The fourth-order valence-corrected chi connectivity index (χ4v) is 1.35. The van der Waals surface area contributed by atoms with Crippen LogP contribution in [0.3, 0.4) is 0 Å². The van der Waals surface area contributed by atoms with E-state index in [1.165, 1.54) is 0 Å². The quantitative estimate of drug-likeness (QED) is 0.662. The van der Waals surface area contributed by atoms with Gasteiger partial charge in [0.25, 0.3) is 0 Å². The second-order valence-electron chi connectivity index (χ2n) is 2.88. The highest BCUT2D eigenvalue weighted by Gasteiger charge is 2.34. The van der Waals surface area contributed by atoms with Crippen molar-refractivity contribution in [3.8, 4) is 5.75 Å². The molecule has 0 spiro atoms. The van der Waals surface area contributed by atoms with Gasteiger partial charge in [-0.25, -0.2) is 4.79 Å². The molecule has 17 heavy (non-hydrogen) atoms. The minimum absolute atomic E-state index is 0.261. The fraction of sp³-hybridized carbons (Fsp3) is 0.222. The van der Waals surface area contributed by atoms with Crippen molar-refractivity contribution in [1.82, 2.24) is 0 Å². The number of rotatable bonds is 2. The number of esters is 1. The van der Waals surface area contributed by atoms with E-state index in [9.17, 15) is 18.0 Å². The molecule has 0 fully saturated rings. The molecule has 0 saturated heterocycles. The summed E-state index contributed by atoms with van der Waals surface area (Å²) >= 11 is 5.59. The first-order chi connectivity index (χ1) is 7.76. The minimum Gasteiger partial charge on any atom is -0.465 e. The largest absolute Gasteiger partial charge is 0.573 e. The van der Waals surface area contributed by atoms with Crippen LogP contribution in [0.4, 0.5) is 18.9 Å². The molecule has 1 rings (SSSR count). The van der Waals surface area contributed by atoms with Gasteiger partial charge in [-0.15, -0.1) is 13.2 Å². The Balaban J connectivity index is 3.25. The van der Waals surface area contributed by atoms with E-state index in [2.05, 4.69) is 9.47 Å². The van der Waals surface area contributed by atoms with E-state index in [4.69, 9.17) is 17.3 Å². The number of alkyl halides is 3. The number of benzene rings is 1. The molecule has 1 aromatic carbocycles. The predicted octanol–water partition coefficient (Wildman–Crippen LogP) is 2.61. The number of anilines is 1. The molecule has 0 aromatic heterocycles. The predicted molar refractivity (Wildman–Crippen MR) is 53.9 cm³/mol. The second kappa shape index (κ2) is 4.70. The Labute approximate surface area is 99.1 Å². The van der Waals surface area contributed by atoms with Gasteiger partial charge in [0.1, 0.15) is 0 Å². The van der Waals surface area contributed by atoms with Gasteiger partial charge >= 0.3 is 12.3 Å². The number of halogens is 4. The van der Waals surface area contributed by atoms with Crippen LogP contribution in [0, 0.1) is 0 Å². The average molecular weight is 270 g/mol. The molecule has 0 aliphatic rings. The number of carbonyl (C=O) groups excluding carboxylic acids is 1. The van der Waals surface area contributed by atoms with Crippen LogP contribution in [0.25, 0.3) is 0 Å². The molecule has 0 atom stereocenters. The Bertz CT molecular complexity index is 448. The molecule has 0 bridgehead atoms. The molecule has 0 unspecified atom stereocenters. The molecule has 0 saturated carbocycles. The SMILES string of the molecule is COC(=O)c1ccc(N)c(OC(F)(F)F)c1Cl. The Morgan fingerprint density at radius 2 is 2.00 bits per heavy atom. The lowest BCUT2D eigenvalue weighted by molar-refractivity contribution is -0.274. The summed E-state index contributed by atoms with van der Waals surface area (Å²) in [5.41, 5.74) is 4.68. The first kappa shape index (κ1) is 13.4. The Hall–Kier alpha value is -1.63. The van der Waals surface area contributed by atoms with Crippen molar-refractivity contribution in [2.24, 2.45) is 0 Å². The molecule has 2 N–H and O–H groups in total. The van der Waals surface area contributed by atoms with Crippen LogP contribution in [0.15, 0.2) is 12.1 Å². The van der Waals surface area contributed by atoms with Gasteiger partial charge in [0.15, 0.2) is 5.75 Å². The summed E-state index contributed by atoms with van der Waals surface area (Å²) in [6, 6.07) is 2.21. The highest BCUT2D eigenvalue weighted by atomic mass is 35.5. The Kier molecular flexibility index (Phi) is 3.72. The summed E-state index contributed by atoms with van der Waals surface area (Å²) in [6.07, 6.45) is -4.95. The number of methoxy groups -OCH3 is 1. The van der Waals surface area contributed by atoms with Crippen molar-refractivity contribution in [1.29, 1.82) is 0 Å². The first-order valence-corrected chi connectivity index (χ1v) is 4.56. The van der Waals surface area contributed by atoms with Crippen LogP contribution in [-0.2, 0) is 4.74 Å². The summed E-state index contributed by atoms with van der Waals surface area (Å²) in [5, 5.41) is -0.547. The van der Waals surface area contributed by atoms with E-state index in [0.29, 0.717) is 0 Å². The van der Waals surface area contributed by atoms with Crippen molar-refractivity contribution in [2.75, 3.05) is 12.8 Å². The second-order valence-corrected chi connectivity index (χ2v) is 3.26. The van der Waals surface area contributed by atoms with E-state index >= 15 is 0 Å². The van der Waals surface area contributed by atoms with Crippen molar-refractivity contribution in [3.05, 3.63) is 22.7 Å². The first-order valence-electron chi connectivity index (χ1n) is 4.18. The van der Waals surface area contributed by atoms with E-state index < -0.39 is 23.1 Å². The molecule has 8 heteroatoms. The normalized spacial score (nSPS) is 11.1. The average Bonchev–Trinajstić information content (AvgIpc) is 2.22. The Morgan fingerprint density at radius 1 is 1.41 bits per heavy atom. The summed E-state index contributed by atoms with van der Waals surface area (Å²) in [5.74, 6) is -1.70. The molecule has 4 nitrogen and oxygen atoms in total. The number of hydrogen-bond acceptors (Lipinski definition) is 4. The summed E-state index contributed by atoms with van der Waals surface area (Å²) in [7, 11) is 1.07. The monoisotopic (exact) mass is 269 g/mol. The molecule has 0 heterocycles. The third kappa shape index (κ3) is 3.16. The highest BCUT2D eigenvalue weighted by Crippen LogP contribution is 2.37. The van der Waals surface area contributed by atoms with E-state index in [-0.39, 0.29) is 11.3 Å². The van der Waals surface area contributed by atoms with Gasteiger partial charge in [-0.1, -0.05) is 11.6 Å². The van der Waals surface area contributed by atoms with E-state index in [1.807, 2.05) is 0 Å². The van der Waals surface area contributed by atoms with Crippen molar-refractivity contribution in [3.63, 3.8) is 0 Å². The van der Waals surface area contributed by atoms with Crippen LogP contribution in [0.5, 0.6) is 5.75 Å². The van der Waals surface area contributed by atoms with Crippen molar-refractivity contribution >= 4 is 23.3 Å². The fourth-order valence-electron chi connectivity index (χ4n) is 1.06. The number of hydrogen-bond donors (Lipinski definition) is 1. The third-order valence-corrected chi connectivity index (χ3v) is 2.13. The zero-order chi connectivity index (χ0) is 13.2. The lowest BCUT2D eigenvalue weighted by atomic mass is 10.2. The van der Waals surface area contributed by atoms with Crippen molar-refractivity contribution in [2.45, 2.75) is 6.36 Å². The maximum atomic E-state index is 12.1. The smallest absolute Gasteiger partial charge is 0.465 e. The number of carbonyl (C=O) groups is 1. The molecule has 0 aliphatic heterocycles. The van der Waals surface area contributed by atoms with Crippen LogP contribution >= 0.6 is 11.6 Å². The number of nitrogens with two attached hydrogens (primary N) is 1. The van der Waals surface area contributed by atoms with Crippen LogP contribution in [0.1, 0.15) is 10.4 Å². The molecule has 0 aliphatic carbocycles. The van der Waals surface area contributed by atoms with Gasteiger partial charge in [-0.3, -0.25) is 0 Å². The topological polar surface area (TPSA) is 61.5 Å². The zero-order valence-electron chi connectivity index (χ0n) is 8.47. The molecular weight excluding hydrogens is 263 g/mol. The molecular formula is C9H7ClF3NO3. The summed E-state index contributed by atoms with van der Waals surface area (Å²) in [4.78, 5) is 11.2. The summed E-state index contributed by atoms with van der Waals surface area (Å²) < 4.78 is 44.2. The lowest BCUT2D eigenvalue weighted by Gasteiger charge is -2.14. The van der Waals surface area contributed by atoms with Crippen LogP contribution < -0.4 is 10.5 Å². The van der Waals surface area contributed by atoms with Gasteiger partial charge in [0.05, 0.1) is 23.4 Å². The van der Waals surface area contributed by atoms with Gasteiger partial charge in [-0.05, 0) is 12.1 Å². The molecule has 0 amide bonds. The minimum atomic E-state index is -4.95. The van der Waals surface area contributed by atoms with Gasteiger partial charge in [0.2, 0.25) is 0 Å². The van der Waals surface area contributed by atoms with Gasteiger partial charge in [-0.2, -0.15) is 0 Å². The Morgan fingerprint density at radius 3 is 2.47 bits per heavy atom. The maximum absolute atomic E-state index is 12.1. The van der Waals surface area contributed by atoms with Crippen LogP contribution in [-0.4, -0.2) is 19.4 Å². The number of nitrogen functional groups attached to an aromatic ring is 1. The van der Waals surface area contributed by atoms with Crippen LogP contribution in [0.2, 0.25) is 5.02 Å². The molecule has 0 radical (unpaired) electrons. The lowest BCUT2D eigenvalue weighted by Crippen LogP contribution is -2.19. The van der Waals surface area contributed by atoms with Gasteiger partial charge < -0.3 is 15.2 Å². The molecule has 1 aromatic rings. The van der Waals surface area contributed by atoms with Gasteiger partial charge in [0, 0.05) is 0 Å². The van der Waals surface area contributed by atoms with Crippen molar-refractivity contribution < 1.29 is 27.4 Å². The maximum Gasteiger partial charge on any atom is 0.573 e. The van der Waals surface area contributed by atoms with E-state index in [1.54, 1.807) is 0 Å². The standard InChI is InChI=1S/C9H7ClF3NO3/c1-16-8(15)4-2-3-5(14)7(6(4)10)17-9(11,12)13/h2-3H,14H2,1H3. The highest BCUT2D eigenvalue weighted by molar-refractivity contribution is 6.35.